The number of hydrogen-bond acceptors (Lipinski definition) is 2. The van der Waals surface area contributed by atoms with Crippen LogP contribution in [0.25, 0.3) is 0 Å². The Morgan fingerprint density at radius 1 is 1.29 bits per heavy atom. The Hall–Kier alpha value is -0.490. The standard InChI is InChI=1S/C8H7BrF2O2S/c1-14(12,13)4-5-2-6(9)8(11)3-7(5)10/h2-3H,4H2,1H3. The van der Waals surface area contributed by atoms with Crippen LogP contribution in [0.15, 0.2) is 16.6 Å². The van der Waals surface area contributed by atoms with Gasteiger partial charge in [-0.1, -0.05) is 0 Å². The fourth-order valence-corrected chi connectivity index (χ4v) is 2.13. The molecule has 0 unspecified atom stereocenters. The van der Waals surface area contributed by atoms with E-state index in [9.17, 15) is 17.2 Å². The summed E-state index contributed by atoms with van der Waals surface area (Å²) < 4.78 is 47.6. The Morgan fingerprint density at radius 3 is 2.36 bits per heavy atom. The molecule has 0 fully saturated rings. The molecule has 1 aromatic rings. The average Bonchev–Trinajstić information content (AvgIpc) is 1.97. The Kier molecular flexibility index (Phi) is 3.26. The van der Waals surface area contributed by atoms with E-state index in [-0.39, 0.29) is 10.0 Å². The first-order valence-corrected chi connectivity index (χ1v) is 6.46. The Labute approximate surface area is 89.0 Å². The van der Waals surface area contributed by atoms with Crippen molar-refractivity contribution in [3.05, 3.63) is 33.8 Å². The summed E-state index contributed by atoms with van der Waals surface area (Å²) >= 11 is 2.85. The lowest BCUT2D eigenvalue weighted by atomic mass is 10.2. The third-order valence-corrected chi connectivity index (χ3v) is 2.95. The van der Waals surface area contributed by atoms with E-state index in [2.05, 4.69) is 15.9 Å². The summed E-state index contributed by atoms with van der Waals surface area (Å²) in [6.07, 6.45) is 0.990. The van der Waals surface area contributed by atoms with Gasteiger partial charge in [0.2, 0.25) is 0 Å². The molecule has 0 amide bonds. The third-order valence-electron chi connectivity index (χ3n) is 1.51. The van der Waals surface area contributed by atoms with Crippen LogP contribution in [0.2, 0.25) is 0 Å². The Balaban J connectivity index is 3.17. The van der Waals surface area contributed by atoms with Crippen molar-refractivity contribution >= 4 is 25.8 Å². The van der Waals surface area contributed by atoms with Gasteiger partial charge in [-0.3, -0.25) is 0 Å². The molecule has 0 saturated carbocycles. The monoisotopic (exact) mass is 284 g/mol. The highest BCUT2D eigenvalue weighted by atomic mass is 79.9. The van der Waals surface area contributed by atoms with Crippen molar-refractivity contribution in [3.63, 3.8) is 0 Å². The summed E-state index contributed by atoms with van der Waals surface area (Å²) in [5, 5.41) is 0. The molecule has 0 radical (unpaired) electrons. The molecule has 0 aromatic heterocycles. The Morgan fingerprint density at radius 2 is 1.86 bits per heavy atom. The van der Waals surface area contributed by atoms with E-state index in [0.29, 0.717) is 6.07 Å². The van der Waals surface area contributed by atoms with Gasteiger partial charge in [0.1, 0.15) is 11.6 Å². The molecular formula is C8H7BrF2O2S. The van der Waals surface area contributed by atoms with Gasteiger partial charge in [-0.05, 0) is 22.0 Å². The fraction of sp³-hybridized carbons (Fsp3) is 0.250. The van der Waals surface area contributed by atoms with Crippen LogP contribution in [0.3, 0.4) is 0 Å². The molecule has 14 heavy (non-hydrogen) atoms. The van der Waals surface area contributed by atoms with Crippen LogP contribution in [0.1, 0.15) is 5.56 Å². The minimum absolute atomic E-state index is 0.0409. The smallest absolute Gasteiger partial charge is 0.151 e. The summed E-state index contributed by atoms with van der Waals surface area (Å²) in [4.78, 5) is 0. The maximum atomic E-state index is 13.0. The van der Waals surface area contributed by atoms with Crippen molar-refractivity contribution in [1.82, 2.24) is 0 Å². The molecule has 6 heteroatoms. The van der Waals surface area contributed by atoms with Crippen molar-refractivity contribution < 1.29 is 17.2 Å². The van der Waals surface area contributed by atoms with E-state index in [1.165, 1.54) is 0 Å². The normalized spacial score (nSPS) is 11.7. The van der Waals surface area contributed by atoms with E-state index in [1.54, 1.807) is 0 Å². The van der Waals surface area contributed by atoms with E-state index in [4.69, 9.17) is 0 Å². The summed E-state index contributed by atoms with van der Waals surface area (Å²) in [7, 11) is -3.31. The number of halogens is 3. The molecule has 2 nitrogen and oxygen atoms in total. The molecule has 0 aliphatic heterocycles. The van der Waals surface area contributed by atoms with Gasteiger partial charge in [0, 0.05) is 17.9 Å². The predicted octanol–water partition coefficient (Wildman–Crippen LogP) is 2.27. The van der Waals surface area contributed by atoms with Crippen LogP contribution in [0.4, 0.5) is 8.78 Å². The summed E-state index contributed by atoms with van der Waals surface area (Å²) in [5.41, 5.74) is -0.0409. The van der Waals surface area contributed by atoms with Crippen LogP contribution < -0.4 is 0 Å². The van der Waals surface area contributed by atoms with Crippen LogP contribution in [0.5, 0.6) is 0 Å². The number of rotatable bonds is 2. The van der Waals surface area contributed by atoms with Crippen LogP contribution in [-0.4, -0.2) is 14.7 Å². The first-order chi connectivity index (χ1) is 6.29. The lowest BCUT2D eigenvalue weighted by Gasteiger charge is -2.03. The zero-order valence-corrected chi connectivity index (χ0v) is 9.62. The van der Waals surface area contributed by atoms with Gasteiger partial charge in [-0.15, -0.1) is 0 Å². The molecule has 0 heterocycles. The zero-order chi connectivity index (χ0) is 10.9. The molecule has 1 aromatic carbocycles. The SMILES string of the molecule is CS(=O)(=O)Cc1cc(Br)c(F)cc1F. The first-order valence-electron chi connectivity index (χ1n) is 3.61. The number of benzene rings is 1. The molecule has 1 rings (SSSR count). The van der Waals surface area contributed by atoms with Crippen molar-refractivity contribution in [2.45, 2.75) is 5.75 Å². The molecule has 0 bridgehead atoms. The lowest BCUT2D eigenvalue weighted by molar-refractivity contribution is 0.567. The molecule has 0 saturated heterocycles. The predicted molar refractivity (Wildman–Crippen MR) is 52.6 cm³/mol. The minimum atomic E-state index is -3.31. The van der Waals surface area contributed by atoms with Crippen LogP contribution in [0, 0.1) is 11.6 Å². The highest BCUT2D eigenvalue weighted by Gasteiger charge is 2.12. The van der Waals surface area contributed by atoms with E-state index in [0.717, 1.165) is 12.3 Å². The zero-order valence-electron chi connectivity index (χ0n) is 7.22. The summed E-state index contributed by atoms with van der Waals surface area (Å²) in [6, 6.07) is 1.79. The van der Waals surface area contributed by atoms with Crippen molar-refractivity contribution in [2.75, 3.05) is 6.26 Å². The van der Waals surface area contributed by atoms with E-state index < -0.39 is 27.2 Å². The first kappa shape index (κ1) is 11.6. The highest BCUT2D eigenvalue weighted by Crippen LogP contribution is 2.21. The van der Waals surface area contributed by atoms with Crippen molar-refractivity contribution in [2.24, 2.45) is 0 Å². The van der Waals surface area contributed by atoms with Gasteiger partial charge >= 0.3 is 0 Å². The largest absolute Gasteiger partial charge is 0.229 e. The van der Waals surface area contributed by atoms with Crippen molar-refractivity contribution in [3.8, 4) is 0 Å². The Bertz CT molecular complexity index is 457. The lowest BCUT2D eigenvalue weighted by Crippen LogP contribution is -2.03. The molecule has 0 atom stereocenters. The quantitative estimate of drug-likeness (QED) is 0.781. The van der Waals surface area contributed by atoms with Crippen LogP contribution in [-0.2, 0) is 15.6 Å². The molecule has 0 aliphatic rings. The second kappa shape index (κ2) is 3.94. The second-order valence-electron chi connectivity index (χ2n) is 2.93. The maximum absolute atomic E-state index is 13.0. The average molecular weight is 285 g/mol. The van der Waals surface area contributed by atoms with Gasteiger partial charge in [0.25, 0.3) is 0 Å². The van der Waals surface area contributed by atoms with Gasteiger partial charge in [-0.2, -0.15) is 0 Å². The summed E-state index contributed by atoms with van der Waals surface area (Å²) in [6.45, 7) is 0. The van der Waals surface area contributed by atoms with E-state index in [1.807, 2.05) is 0 Å². The number of sulfone groups is 1. The van der Waals surface area contributed by atoms with Gasteiger partial charge in [0.05, 0.1) is 10.2 Å². The fourth-order valence-electron chi connectivity index (χ4n) is 0.957. The second-order valence-corrected chi connectivity index (χ2v) is 5.92. The number of hydrogen-bond donors (Lipinski definition) is 0. The summed E-state index contributed by atoms with van der Waals surface area (Å²) in [5.74, 6) is -2.03. The van der Waals surface area contributed by atoms with E-state index >= 15 is 0 Å². The molecule has 0 aliphatic carbocycles. The van der Waals surface area contributed by atoms with Crippen molar-refractivity contribution in [1.29, 1.82) is 0 Å². The van der Waals surface area contributed by atoms with Gasteiger partial charge in [0.15, 0.2) is 9.84 Å². The highest BCUT2D eigenvalue weighted by molar-refractivity contribution is 9.10. The molecule has 0 N–H and O–H groups in total. The molecule has 0 spiro atoms. The maximum Gasteiger partial charge on any atom is 0.151 e. The topological polar surface area (TPSA) is 34.1 Å². The third kappa shape index (κ3) is 3.02. The minimum Gasteiger partial charge on any atom is -0.229 e. The molecule has 78 valence electrons. The molecular weight excluding hydrogens is 278 g/mol. The van der Waals surface area contributed by atoms with Crippen LogP contribution >= 0.6 is 15.9 Å². The van der Waals surface area contributed by atoms with Gasteiger partial charge < -0.3 is 0 Å². The van der Waals surface area contributed by atoms with Gasteiger partial charge in [-0.25, -0.2) is 17.2 Å².